The lowest BCUT2D eigenvalue weighted by Crippen LogP contribution is -2.51. The van der Waals surface area contributed by atoms with E-state index in [0.29, 0.717) is 5.69 Å². The lowest BCUT2D eigenvalue weighted by molar-refractivity contribution is -0.121. The van der Waals surface area contributed by atoms with Crippen molar-refractivity contribution in [1.82, 2.24) is 24.9 Å². The van der Waals surface area contributed by atoms with E-state index in [9.17, 15) is 13.2 Å². The number of carbonyl (C=O) groups excluding carboxylic acids is 1. The molecule has 1 aromatic carbocycles. The number of aromatic nitrogens is 4. The van der Waals surface area contributed by atoms with Crippen molar-refractivity contribution in [2.75, 3.05) is 0 Å². The summed E-state index contributed by atoms with van der Waals surface area (Å²) in [5.41, 5.74) is 5.13. The minimum atomic E-state index is -3.93. The second-order valence-corrected chi connectivity index (χ2v) is 7.79. The largest absolute Gasteiger partial charge is 0.368 e. The molecule has 3 N–H and O–H groups in total. The van der Waals surface area contributed by atoms with Crippen LogP contribution in [0.3, 0.4) is 0 Å². The minimum Gasteiger partial charge on any atom is -0.368 e. The fourth-order valence-electron chi connectivity index (χ4n) is 1.96. The van der Waals surface area contributed by atoms with E-state index < -0.39 is 27.4 Å². The molecule has 1 atom stereocenters. The maximum atomic E-state index is 12.5. The van der Waals surface area contributed by atoms with Crippen LogP contribution < -0.4 is 10.5 Å². The van der Waals surface area contributed by atoms with E-state index >= 15 is 0 Å². The van der Waals surface area contributed by atoms with Crippen LogP contribution in [0.5, 0.6) is 0 Å². The Kier molecular flexibility index (Phi) is 4.48. The SMILES string of the molecule is CC(C)(C)[C@H](NS(=O)(=O)c1cccc(-n2cnnn2)c1)C(N)=O. The summed E-state index contributed by atoms with van der Waals surface area (Å²) in [5.74, 6) is -0.738. The van der Waals surface area contributed by atoms with Gasteiger partial charge in [-0.05, 0) is 34.0 Å². The van der Waals surface area contributed by atoms with Crippen LogP contribution in [0.1, 0.15) is 20.8 Å². The van der Waals surface area contributed by atoms with E-state index in [-0.39, 0.29) is 4.90 Å². The summed E-state index contributed by atoms with van der Waals surface area (Å²) in [4.78, 5) is 11.6. The molecule has 124 valence electrons. The summed E-state index contributed by atoms with van der Waals surface area (Å²) in [7, 11) is -3.93. The van der Waals surface area contributed by atoms with Gasteiger partial charge in [-0.25, -0.2) is 13.1 Å². The number of sulfonamides is 1. The molecular formula is C13H18N6O3S. The molecule has 1 amide bonds. The number of hydrogen-bond donors (Lipinski definition) is 2. The van der Waals surface area contributed by atoms with Crippen LogP contribution in [0.2, 0.25) is 0 Å². The lowest BCUT2D eigenvalue weighted by atomic mass is 9.87. The lowest BCUT2D eigenvalue weighted by Gasteiger charge is -2.28. The highest BCUT2D eigenvalue weighted by Gasteiger charge is 2.34. The zero-order chi connectivity index (χ0) is 17.3. The number of nitrogens with one attached hydrogen (secondary N) is 1. The Morgan fingerprint density at radius 2 is 2.04 bits per heavy atom. The summed E-state index contributed by atoms with van der Waals surface area (Å²) in [6.45, 7) is 5.17. The topological polar surface area (TPSA) is 133 Å². The molecule has 0 saturated carbocycles. The van der Waals surface area contributed by atoms with Gasteiger partial charge in [0.15, 0.2) is 0 Å². The molecular weight excluding hydrogens is 320 g/mol. The second-order valence-electron chi connectivity index (χ2n) is 6.07. The van der Waals surface area contributed by atoms with Crippen LogP contribution in [0.25, 0.3) is 5.69 Å². The van der Waals surface area contributed by atoms with Gasteiger partial charge < -0.3 is 5.73 Å². The molecule has 9 nitrogen and oxygen atoms in total. The molecule has 0 aliphatic rings. The van der Waals surface area contributed by atoms with E-state index in [1.165, 1.54) is 23.1 Å². The van der Waals surface area contributed by atoms with Gasteiger partial charge in [0.2, 0.25) is 15.9 Å². The smallest absolute Gasteiger partial charge is 0.241 e. The van der Waals surface area contributed by atoms with Gasteiger partial charge in [0.25, 0.3) is 0 Å². The Bertz CT molecular complexity index is 795. The van der Waals surface area contributed by atoms with E-state index in [1.54, 1.807) is 32.9 Å². The summed E-state index contributed by atoms with van der Waals surface area (Å²) in [5, 5.41) is 10.7. The second kappa shape index (κ2) is 6.05. The molecule has 0 aliphatic carbocycles. The summed E-state index contributed by atoms with van der Waals surface area (Å²) in [6, 6.07) is 4.99. The number of primary amides is 1. The van der Waals surface area contributed by atoms with E-state index in [2.05, 4.69) is 20.2 Å². The van der Waals surface area contributed by atoms with Crippen LogP contribution in [0.15, 0.2) is 35.5 Å². The average Bonchev–Trinajstić information content (AvgIpc) is 2.98. The average molecular weight is 338 g/mol. The number of carbonyl (C=O) groups is 1. The molecule has 0 radical (unpaired) electrons. The number of tetrazole rings is 1. The Labute approximate surface area is 133 Å². The quantitative estimate of drug-likeness (QED) is 0.778. The molecule has 10 heteroatoms. The van der Waals surface area contributed by atoms with E-state index in [4.69, 9.17) is 5.73 Å². The molecule has 0 aliphatic heterocycles. The fourth-order valence-corrected chi connectivity index (χ4v) is 3.41. The first-order valence-electron chi connectivity index (χ1n) is 6.76. The zero-order valence-corrected chi connectivity index (χ0v) is 13.8. The van der Waals surface area contributed by atoms with Gasteiger partial charge in [0.1, 0.15) is 12.4 Å². The van der Waals surface area contributed by atoms with Gasteiger partial charge in [0.05, 0.1) is 10.6 Å². The number of nitrogens with zero attached hydrogens (tertiary/aromatic N) is 4. The van der Waals surface area contributed by atoms with Crippen molar-refractivity contribution in [3.8, 4) is 5.69 Å². The van der Waals surface area contributed by atoms with Crippen LogP contribution >= 0.6 is 0 Å². The normalized spacial score (nSPS) is 13.7. The summed E-state index contributed by atoms with van der Waals surface area (Å²) in [6.07, 6.45) is 1.35. The predicted octanol–water partition coefficient (Wildman–Crippen LogP) is -0.159. The Hall–Kier alpha value is -2.33. The summed E-state index contributed by atoms with van der Waals surface area (Å²) >= 11 is 0. The molecule has 1 heterocycles. The highest BCUT2D eigenvalue weighted by molar-refractivity contribution is 7.89. The molecule has 0 spiro atoms. The first-order chi connectivity index (χ1) is 10.6. The van der Waals surface area contributed by atoms with Crippen molar-refractivity contribution in [1.29, 1.82) is 0 Å². The van der Waals surface area contributed by atoms with E-state index in [1.807, 2.05) is 0 Å². The standard InChI is InChI=1S/C13H18N6O3S/c1-13(2,3)11(12(14)20)16-23(21,22)10-6-4-5-9(7-10)19-8-15-17-18-19/h4-8,11,16H,1-3H3,(H2,14,20)/t11-/m1/s1. The highest BCUT2D eigenvalue weighted by Crippen LogP contribution is 2.22. The van der Waals surface area contributed by atoms with Crippen molar-refractivity contribution in [2.45, 2.75) is 31.7 Å². The predicted molar refractivity (Wildman–Crippen MR) is 81.9 cm³/mol. The van der Waals surface area contributed by atoms with Gasteiger partial charge in [-0.3, -0.25) is 4.79 Å². The van der Waals surface area contributed by atoms with Crippen molar-refractivity contribution in [2.24, 2.45) is 11.1 Å². The number of rotatable bonds is 5. The first kappa shape index (κ1) is 17.0. The molecule has 0 fully saturated rings. The van der Waals surface area contributed by atoms with Gasteiger partial charge in [-0.15, -0.1) is 5.10 Å². The van der Waals surface area contributed by atoms with Crippen molar-refractivity contribution < 1.29 is 13.2 Å². The third-order valence-electron chi connectivity index (χ3n) is 3.17. The van der Waals surface area contributed by atoms with Gasteiger partial charge in [-0.2, -0.15) is 4.72 Å². The molecule has 0 bridgehead atoms. The number of nitrogens with two attached hydrogens (primary N) is 1. The number of hydrogen-bond acceptors (Lipinski definition) is 6. The van der Waals surface area contributed by atoms with Gasteiger partial charge in [-0.1, -0.05) is 26.8 Å². The highest BCUT2D eigenvalue weighted by atomic mass is 32.2. The molecule has 0 saturated heterocycles. The van der Waals surface area contributed by atoms with Crippen LogP contribution in [-0.2, 0) is 14.8 Å². The Morgan fingerprint density at radius 3 is 2.57 bits per heavy atom. The van der Waals surface area contributed by atoms with Crippen molar-refractivity contribution in [3.05, 3.63) is 30.6 Å². The minimum absolute atomic E-state index is 0.0130. The van der Waals surface area contributed by atoms with Crippen molar-refractivity contribution in [3.63, 3.8) is 0 Å². The third-order valence-corrected chi connectivity index (χ3v) is 4.59. The first-order valence-corrected chi connectivity index (χ1v) is 8.24. The fraction of sp³-hybridized carbons (Fsp3) is 0.385. The van der Waals surface area contributed by atoms with Crippen LogP contribution in [0.4, 0.5) is 0 Å². The van der Waals surface area contributed by atoms with Crippen molar-refractivity contribution >= 4 is 15.9 Å². The number of amides is 1. The molecule has 1 aromatic heterocycles. The van der Waals surface area contributed by atoms with Gasteiger partial charge >= 0.3 is 0 Å². The monoisotopic (exact) mass is 338 g/mol. The molecule has 2 aromatic rings. The van der Waals surface area contributed by atoms with Gasteiger partial charge in [0, 0.05) is 0 Å². The van der Waals surface area contributed by atoms with Crippen LogP contribution in [-0.4, -0.2) is 40.6 Å². The zero-order valence-electron chi connectivity index (χ0n) is 13.0. The molecule has 0 unspecified atom stereocenters. The molecule has 23 heavy (non-hydrogen) atoms. The maximum Gasteiger partial charge on any atom is 0.241 e. The van der Waals surface area contributed by atoms with E-state index in [0.717, 1.165) is 0 Å². The third kappa shape index (κ3) is 3.90. The Balaban J connectivity index is 2.37. The maximum absolute atomic E-state index is 12.5. The van der Waals surface area contributed by atoms with Crippen LogP contribution in [0, 0.1) is 5.41 Å². The summed E-state index contributed by atoms with van der Waals surface area (Å²) < 4.78 is 28.8. The number of benzene rings is 1. The molecule has 2 rings (SSSR count). The Morgan fingerprint density at radius 1 is 1.35 bits per heavy atom.